The van der Waals surface area contributed by atoms with E-state index in [0.29, 0.717) is 0 Å². The number of alkyl halides is 6. The number of ether oxygens (including phenoxy) is 1. The Labute approximate surface area is 122 Å². The molecule has 0 amide bonds. The van der Waals surface area contributed by atoms with Crippen LogP contribution >= 0.6 is 0 Å². The minimum Gasteiger partial charge on any atom is -0.459 e. The van der Waals surface area contributed by atoms with Crippen molar-refractivity contribution in [2.24, 2.45) is 5.92 Å². The first-order chi connectivity index (χ1) is 9.80. The molecular weight excluding hydrogens is 318 g/mol. The molecule has 2 unspecified atom stereocenters. The summed E-state index contributed by atoms with van der Waals surface area (Å²) < 4.78 is 81.7. The molecule has 2 atom stereocenters. The van der Waals surface area contributed by atoms with Gasteiger partial charge in [-0.2, -0.15) is 26.3 Å². The quantitative estimate of drug-likeness (QED) is 0.488. The lowest BCUT2D eigenvalue weighted by Gasteiger charge is -2.42. The van der Waals surface area contributed by atoms with Gasteiger partial charge in [0.05, 0.1) is 0 Å². The Hall–Kier alpha value is -1.25. The van der Waals surface area contributed by atoms with Gasteiger partial charge >= 0.3 is 18.3 Å². The Morgan fingerprint density at radius 3 is 2.05 bits per heavy atom. The van der Waals surface area contributed by atoms with E-state index >= 15 is 0 Å². The second kappa shape index (κ2) is 6.10. The van der Waals surface area contributed by atoms with E-state index in [2.05, 4.69) is 6.58 Å². The zero-order chi connectivity index (χ0) is 17.3. The summed E-state index contributed by atoms with van der Waals surface area (Å²) in [6.07, 6.45) is -13.9. The highest BCUT2D eigenvalue weighted by molar-refractivity contribution is 5.87. The number of rotatable bonds is 3. The highest BCUT2D eigenvalue weighted by atomic mass is 19.4. The normalized spacial score (nSPS) is 24.0. The van der Waals surface area contributed by atoms with Gasteiger partial charge in [0.15, 0.2) is 0 Å². The van der Waals surface area contributed by atoms with Crippen LogP contribution in [0.1, 0.15) is 32.6 Å². The first kappa shape index (κ1) is 18.8. The molecule has 9 heteroatoms. The minimum absolute atomic E-state index is 0.0102. The van der Waals surface area contributed by atoms with Gasteiger partial charge in [0, 0.05) is 11.5 Å². The summed E-state index contributed by atoms with van der Waals surface area (Å²) in [5.41, 5.74) is -4.82. The highest BCUT2D eigenvalue weighted by Gasteiger charge is 2.73. The Bertz CT molecular complexity index is 426. The maximum absolute atomic E-state index is 12.8. The van der Waals surface area contributed by atoms with E-state index in [4.69, 9.17) is 4.74 Å². The van der Waals surface area contributed by atoms with Crippen LogP contribution in [0.2, 0.25) is 0 Å². The van der Waals surface area contributed by atoms with Crippen molar-refractivity contribution in [3.05, 3.63) is 12.2 Å². The van der Waals surface area contributed by atoms with Crippen LogP contribution in [0.4, 0.5) is 26.3 Å². The summed E-state index contributed by atoms with van der Waals surface area (Å²) in [6, 6.07) is 0. The molecule has 0 aromatic heterocycles. The topological polar surface area (TPSA) is 46.5 Å². The van der Waals surface area contributed by atoms with Gasteiger partial charge in [-0.05, 0) is 32.6 Å². The molecule has 1 saturated carbocycles. The van der Waals surface area contributed by atoms with Gasteiger partial charge in [-0.1, -0.05) is 6.58 Å². The molecule has 1 rings (SSSR count). The lowest BCUT2D eigenvalue weighted by atomic mass is 9.75. The van der Waals surface area contributed by atoms with Gasteiger partial charge in [-0.25, -0.2) is 4.79 Å². The molecule has 0 aliphatic heterocycles. The van der Waals surface area contributed by atoms with Crippen molar-refractivity contribution < 1.29 is 41.0 Å². The molecular formula is C13H16F6O3. The molecule has 1 fully saturated rings. The van der Waals surface area contributed by atoms with Crippen LogP contribution in [-0.2, 0) is 9.53 Å². The van der Waals surface area contributed by atoms with Gasteiger partial charge in [-0.3, -0.25) is 0 Å². The number of esters is 1. The van der Waals surface area contributed by atoms with Crippen molar-refractivity contribution in [1.82, 2.24) is 0 Å². The number of carbonyl (C=O) groups is 1. The van der Waals surface area contributed by atoms with E-state index in [-0.39, 0.29) is 18.4 Å². The van der Waals surface area contributed by atoms with E-state index in [1.165, 1.54) is 6.92 Å². The molecule has 0 spiro atoms. The molecule has 0 aromatic carbocycles. The Balaban J connectivity index is 2.98. The molecule has 1 N–H and O–H groups in total. The first-order valence-electron chi connectivity index (χ1n) is 6.53. The Morgan fingerprint density at radius 1 is 1.14 bits per heavy atom. The summed E-state index contributed by atoms with van der Waals surface area (Å²) in [6.45, 7) is 4.59. The zero-order valence-corrected chi connectivity index (χ0v) is 11.7. The van der Waals surface area contributed by atoms with Crippen LogP contribution in [0.25, 0.3) is 0 Å². The van der Waals surface area contributed by atoms with E-state index < -0.39 is 48.8 Å². The fourth-order valence-corrected chi connectivity index (χ4v) is 2.51. The molecule has 1 aliphatic rings. The van der Waals surface area contributed by atoms with E-state index in [0.717, 1.165) is 0 Å². The average Bonchev–Trinajstić information content (AvgIpc) is 2.35. The molecule has 1 aliphatic carbocycles. The number of hydrogen-bond donors (Lipinski definition) is 1. The third-order valence-electron chi connectivity index (χ3n) is 3.70. The number of halogens is 6. The molecule has 0 bridgehead atoms. The zero-order valence-electron chi connectivity index (χ0n) is 11.7. The molecule has 0 radical (unpaired) electrons. The number of aliphatic hydroxyl groups is 1. The van der Waals surface area contributed by atoms with E-state index in [1.807, 2.05) is 0 Å². The van der Waals surface area contributed by atoms with Gasteiger partial charge in [-0.15, -0.1) is 0 Å². The maximum atomic E-state index is 12.8. The summed E-state index contributed by atoms with van der Waals surface area (Å²) in [4.78, 5) is 11.3. The second-order valence-electron chi connectivity index (χ2n) is 5.43. The molecule has 3 nitrogen and oxygen atoms in total. The third-order valence-corrected chi connectivity index (χ3v) is 3.70. The highest BCUT2D eigenvalue weighted by Crippen LogP contribution is 2.51. The molecule has 128 valence electrons. The smallest absolute Gasteiger partial charge is 0.426 e. The summed E-state index contributed by atoms with van der Waals surface area (Å²) >= 11 is 0. The lowest BCUT2D eigenvalue weighted by molar-refractivity contribution is -0.388. The standard InChI is InChI=1S/C13H16F6O3/c1-7(2)10(20)22-9-5-3-4-8(6-9)11(21,12(14,15)16)13(17,18)19/h8-9,21H,1,3-6H2,2H3. The monoisotopic (exact) mass is 334 g/mol. The van der Waals surface area contributed by atoms with Crippen molar-refractivity contribution in [2.45, 2.75) is 56.7 Å². The SMILES string of the molecule is C=C(C)C(=O)OC1CCCC(C(O)(C(F)(F)F)C(F)(F)F)C1. The van der Waals surface area contributed by atoms with Crippen LogP contribution < -0.4 is 0 Å². The predicted octanol–water partition coefficient (Wildman–Crippen LogP) is 3.52. The second-order valence-corrected chi connectivity index (χ2v) is 5.43. The van der Waals surface area contributed by atoms with Crippen molar-refractivity contribution >= 4 is 5.97 Å². The largest absolute Gasteiger partial charge is 0.459 e. The predicted molar refractivity (Wildman–Crippen MR) is 63.7 cm³/mol. The van der Waals surface area contributed by atoms with Crippen LogP contribution in [0.15, 0.2) is 12.2 Å². The summed E-state index contributed by atoms with van der Waals surface area (Å²) in [5.74, 6) is -3.00. The minimum atomic E-state index is -5.86. The number of carbonyl (C=O) groups excluding carboxylic acids is 1. The van der Waals surface area contributed by atoms with Gasteiger partial charge in [0.25, 0.3) is 5.60 Å². The van der Waals surface area contributed by atoms with Crippen molar-refractivity contribution in [2.75, 3.05) is 0 Å². The van der Waals surface area contributed by atoms with Crippen LogP contribution in [0.5, 0.6) is 0 Å². The van der Waals surface area contributed by atoms with Gasteiger partial charge in [0.2, 0.25) is 0 Å². The molecule has 22 heavy (non-hydrogen) atoms. The van der Waals surface area contributed by atoms with Crippen LogP contribution in [0, 0.1) is 5.92 Å². The van der Waals surface area contributed by atoms with Crippen LogP contribution in [-0.4, -0.2) is 35.1 Å². The molecule has 0 saturated heterocycles. The van der Waals surface area contributed by atoms with E-state index in [1.54, 1.807) is 0 Å². The third kappa shape index (κ3) is 3.56. The van der Waals surface area contributed by atoms with Crippen molar-refractivity contribution in [3.8, 4) is 0 Å². The molecule has 0 aromatic rings. The molecule has 0 heterocycles. The maximum Gasteiger partial charge on any atom is 0.426 e. The first-order valence-corrected chi connectivity index (χ1v) is 6.53. The van der Waals surface area contributed by atoms with E-state index in [9.17, 15) is 36.2 Å². The summed E-state index contributed by atoms with van der Waals surface area (Å²) in [7, 11) is 0. The summed E-state index contributed by atoms with van der Waals surface area (Å²) in [5, 5.41) is 9.36. The Kier molecular flexibility index (Phi) is 5.21. The van der Waals surface area contributed by atoms with Crippen molar-refractivity contribution in [1.29, 1.82) is 0 Å². The lowest BCUT2D eigenvalue weighted by Crippen LogP contribution is -2.62. The van der Waals surface area contributed by atoms with Gasteiger partial charge < -0.3 is 9.84 Å². The Morgan fingerprint density at radius 2 is 1.64 bits per heavy atom. The van der Waals surface area contributed by atoms with Crippen molar-refractivity contribution in [3.63, 3.8) is 0 Å². The average molecular weight is 334 g/mol. The van der Waals surface area contributed by atoms with Crippen LogP contribution in [0.3, 0.4) is 0 Å². The fourth-order valence-electron chi connectivity index (χ4n) is 2.51. The fraction of sp³-hybridized carbons (Fsp3) is 0.769. The van der Waals surface area contributed by atoms with Gasteiger partial charge in [0.1, 0.15) is 6.10 Å². The number of hydrogen-bond acceptors (Lipinski definition) is 3.